The summed E-state index contributed by atoms with van der Waals surface area (Å²) < 4.78 is 22.3. The summed E-state index contributed by atoms with van der Waals surface area (Å²) in [7, 11) is 1.83. The lowest BCUT2D eigenvalue weighted by molar-refractivity contribution is -0.136. The predicted octanol–water partition coefficient (Wildman–Crippen LogP) is 4.36. The highest BCUT2D eigenvalue weighted by atomic mass is 35.5. The molecular formula is C26H25ClFN5O3. The highest BCUT2D eigenvalue weighted by Crippen LogP contribution is 2.35. The molecule has 1 aliphatic rings. The zero-order valence-electron chi connectivity index (χ0n) is 20.1. The van der Waals surface area contributed by atoms with Crippen LogP contribution in [0.15, 0.2) is 42.7 Å². The fourth-order valence-corrected chi connectivity index (χ4v) is 5.00. The molecule has 1 aliphatic heterocycles. The van der Waals surface area contributed by atoms with Gasteiger partial charge in [-0.05, 0) is 50.1 Å². The topological polar surface area (TPSA) is 93.4 Å². The van der Waals surface area contributed by atoms with Gasteiger partial charge in [-0.1, -0.05) is 23.7 Å². The molecule has 186 valence electrons. The second-order valence-electron chi connectivity index (χ2n) is 8.93. The van der Waals surface area contributed by atoms with E-state index in [-0.39, 0.29) is 17.5 Å². The molecule has 2 aromatic carbocycles. The predicted molar refractivity (Wildman–Crippen MR) is 133 cm³/mol. The molecule has 5 rings (SSSR count). The average molecular weight is 510 g/mol. The molecule has 3 heterocycles. The Hall–Kier alpha value is -3.56. The van der Waals surface area contributed by atoms with E-state index in [2.05, 4.69) is 10.1 Å². The Balaban J connectivity index is 1.52. The maximum Gasteiger partial charge on any atom is 0.251 e. The quantitative estimate of drug-likeness (QED) is 0.415. The number of hydrogen-bond acceptors (Lipinski definition) is 6. The fraction of sp³-hybridized carbons (Fsp3) is 0.308. The average Bonchev–Trinajstić information content (AvgIpc) is 3.42. The molecule has 0 aliphatic carbocycles. The molecule has 1 fully saturated rings. The van der Waals surface area contributed by atoms with Crippen molar-refractivity contribution in [1.29, 1.82) is 0 Å². The van der Waals surface area contributed by atoms with Gasteiger partial charge in [0.2, 0.25) is 0 Å². The van der Waals surface area contributed by atoms with E-state index >= 15 is 0 Å². The monoisotopic (exact) mass is 509 g/mol. The number of carbonyl (C=O) groups is 1. The summed E-state index contributed by atoms with van der Waals surface area (Å²) in [5.74, 6) is 0.359. The molecule has 0 bridgehead atoms. The summed E-state index contributed by atoms with van der Waals surface area (Å²) in [6, 6.07) is 9.69. The van der Waals surface area contributed by atoms with Crippen molar-refractivity contribution >= 4 is 28.4 Å². The molecule has 4 aromatic rings. The van der Waals surface area contributed by atoms with Gasteiger partial charge in [0.1, 0.15) is 36.1 Å². The van der Waals surface area contributed by atoms with Crippen LogP contribution in [0.2, 0.25) is 5.02 Å². The Kier molecular flexibility index (Phi) is 6.36. The molecule has 8 nitrogen and oxygen atoms in total. The van der Waals surface area contributed by atoms with Gasteiger partial charge in [-0.2, -0.15) is 5.10 Å². The van der Waals surface area contributed by atoms with Crippen molar-refractivity contribution < 1.29 is 19.0 Å². The van der Waals surface area contributed by atoms with Crippen LogP contribution in [-0.4, -0.2) is 48.3 Å². The maximum absolute atomic E-state index is 14.4. The van der Waals surface area contributed by atoms with Crippen LogP contribution in [0.1, 0.15) is 36.2 Å². The number of para-hydroxylation sites is 1. The van der Waals surface area contributed by atoms with Crippen molar-refractivity contribution in [2.45, 2.75) is 39.0 Å². The first-order valence-electron chi connectivity index (χ1n) is 11.6. The number of fused-ring (bicyclic) bond motifs is 1. The molecule has 0 saturated carbocycles. The number of aliphatic hydroxyl groups is 1. The van der Waals surface area contributed by atoms with Crippen LogP contribution in [-0.2, 0) is 18.4 Å². The van der Waals surface area contributed by atoms with Crippen molar-refractivity contribution in [3.63, 3.8) is 0 Å². The molecule has 1 saturated heterocycles. The van der Waals surface area contributed by atoms with E-state index in [9.17, 15) is 14.3 Å². The highest BCUT2D eigenvalue weighted by Gasteiger charge is 2.34. The molecule has 2 atom stereocenters. The summed E-state index contributed by atoms with van der Waals surface area (Å²) in [5, 5.41) is 15.1. The Morgan fingerprint density at radius 2 is 2.11 bits per heavy atom. The van der Waals surface area contributed by atoms with E-state index in [1.54, 1.807) is 11.6 Å². The van der Waals surface area contributed by atoms with Crippen LogP contribution in [0.3, 0.4) is 0 Å². The number of amides is 1. The van der Waals surface area contributed by atoms with Crippen LogP contribution in [0.25, 0.3) is 22.3 Å². The van der Waals surface area contributed by atoms with Crippen molar-refractivity contribution in [2.75, 3.05) is 6.54 Å². The second kappa shape index (κ2) is 9.48. The van der Waals surface area contributed by atoms with Crippen LogP contribution < -0.4 is 4.74 Å². The normalized spacial score (nSPS) is 16.7. The lowest BCUT2D eigenvalue weighted by Crippen LogP contribution is -2.32. The van der Waals surface area contributed by atoms with Gasteiger partial charge in [0.05, 0.1) is 11.1 Å². The van der Waals surface area contributed by atoms with Gasteiger partial charge in [-0.25, -0.2) is 19.0 Å². The number of aliphatic hydroxyl groups excluding tert-OH is 1. The molecule has 0 spiro atoms. The Labute approximate surface area is 212 Å². The molecule has 0 radical (unpaired) electrons. The smallest absolute Gasteiger partial charge is 0.251 e. The lowest BCUT2D eigenvalue weighted by Gasteiger charge is -2.27. The van der Waals surface area contributed by atoms with Crippen LogP contribution >= 0.6 is 11.6 Å². The summed E-state index contributed by atoms with van der Waals surface area (Å²) in [5.41, 5.74) is 3.42. The number of carbonyl (C=O) groups excluding carboxylic acids is 1. The van der Waals surface area contributed by atoms with Gasteiger partial charge < -0.3 is 14.7 Å². The van der Waals surface area contributed by atoms with Crippen molar-refractivity contribution in [3.8, 4) is 17.1 Å². The van der Waals surface area contributed by atoms with E-state index in [4.69, 9.17) is 21.3 Å². The molecule has 1 N–H and O–H groups in total. The number of nitrogens with zero attached hydrogens (tertiary/aromatic N) is 5. The number of pyridine rings is 1. The standard InChI is InChI=1S/C26H25ClFN5O3/c1-14-9-19(25-29-13-30-32(25)3)17-5-4-6-23(24(17)31-14)36-12-20-18(10-16(28)11-21(20)27)15(2)33-8-7-22(34)26(33)35/h4-6,9-11,13,15,22,34H,7-8,12H2,1-3H3/t15?,22-/m0/s1. The molecule has 1 amide bonds. The molecule has 1 unspecified atom stereocenters. The van der Waals surface area contributed by atoms with Crippen LogP contribution in [0.5, 0.6) is 5.75 Å². The SMILES string of the molecule is Cc1cc(-c2ncnn2C)c2cccc(OCc3c(Cl)cc(F)cc3C(C)N3CC[C@H](O)C3=O)c2n1. The number of benzene rings is 2. The van der Waals surface area contributed by atoms with Gasteiger partial charge in [-0.3, -0.25) is 4.79 Å². The lowest BCUT2D eigenvalue weighted by atomic mass is 10.00. The fourth-order valence-electron chi connectivity index (χ4n) is 4.73. The van der Waals surface area contributed by atoms with E-state index in [1.165, 1.54) is 23.4 Å². The third kappa shape index (κ3) is 4.29. The van der Waals surface area contributed by atoms with E-state index in [0.29, 0.717) is 41.2 Å². The zero-order chi connectivity index (χ0) is 25.6. The molecule has 10 heteroatoms. The highest BCUT2D eigenvalue weighted by molar-refractivity contribution is 6.31. The second-order valence-corrected chi connectivity index (χ2v) is 9.33. The van der Waals surface area contributed by atoms with E-state index < -0.39 is 18.0 Å². The van der Waals surface area contributed by atoms with Gasteiger partial charge in [-0.15, -0.1) is 0 Å². The van der Waals surface area contributed by atoms with E-state index in [1.807, 2.05) is 38.2 Å². The van der Waals surface area contributed by atoms with Gasteiger partial charge >= 0.3 is 0 Å². The largest absolute Gasteiger partial charge is 0.487 e. The third-order valence-electron chi connectivity index (χ3n) is 6.58. The van der Waals surface area contributed by atoms with Crippen molar-refractivity contribution in [1.82, 2.24) is 24.6 Å². The molecule has 36 heavy (non-hydrogen) atoms. The van der Waals surface area contributed by atoms with Gasteiger partial charge in [0.25, 0.3) is 5.91 Å². The van der Waals surface area contributed by atoms with Gasteiger partial charge in [0.15, 0.2) is 5.82 Å². The minimum Gasteiger partial charge on any atom is -0.487 e. The molecular weight excluding hydrogens is 485 g/mol. The van der Waals surface area contributed by atoms with Crippen molar-refractivity contribution in [3.05, 3.63) is 70.4 Å². The summed E-state index contributed by atoms with van der Waals surface area (Å²) in [6.45, 7) is 4.11. The summed E-state index contributed by atoms with van der Waals surface area (Å²) >= 11 is 6.46. The number of aryl methyl sites for hydroxylation is 2. The van der Waals surface area contributed by atoms with E-state index in [0.717, 1.165) is 16.6 Å². The summed E-state index contributed by atoms with van der Waals surface area (Å²) in [4.78, 5) is 23.0. The Bertz CT molecular complexity index is 1470. The van der Waals surface area contributed by atoms with Crippen LogP contribution in [0.4, 0.5) is 4.39 Å². The van der Waals surface area contributed by atoms with Crippen LogP contribution in [0, 0.1) is 12.7 Å². The maximum atomic E-state index is 14.4. The number of rotatable bonds is 6. The number of aromatic nitrogens is 4. The number of hydrogen-bond donors (Lipinski definition) is 1. The third-order valence-corrected chi connectivity index (χ3v) is 6.92. The molecule has 2 aromatic heterocycles. The summed E-state index contributed by atoms with van der Waals surface area (Å²) in [6.07, 6.45) is 0.803. The zero-order valence-corrected chi connectivity index (χ0v) is 20.8. The minimum atomic E-state index is -1.04. The van der Waals surface area contributed by atoms with Gasteiger partial charge in [0, 0.05) is 35.8 Å². The number of likely N-dealkylation sites (tertiary alicyclic amines) is 1. The first kappa shape index (κ1) is 24.1. The minimum absolute atomic E-state index is 0.0391. The Morgan fingerprint density at radius 3 is 2.81 bits per heavy atom. The number of ether oxygens (including phenoxy) is 1. The Morgan fingerprint density at radius 1 is 1.31 bits per heavy atom. The number of halogens is 2. The first-order valence-corrected chi connectivity index (χ1v) is 12.0. The van der Waals surface area contributed by atoms with Crippen molar-refractivity contribution in [2.24, 2.45) is 7.05 Å². The first-order chi connectivity index (χ1) is 17.2.